The van der Waals surface area contributed by atoms with Gasteiger partial charge in [0, 0.05) is 18.7 Å². The van der Waals surface area contributed by atoms with Crippen LogP contribution in [0.25, 0.3) is 0 Å². The SMILES string of the molecule is [2H][C@]1(O)C[C@H](n2ccc(=O)[nH]c2=O)O[C@@H]1COC(c1ccccc1)(c1ccc(OC)cc1)c1ccc(OC)cc1. The molecule has 0 saturated carbocycles. The minimum Gasteiger partial charge on any atom is -0.497 e. The Morgan fingerprint density at radius 2 is 1.49 bits per heavy atom. The fourth-order valence-electron chi connectivity index (χ4n) is 4.86. The molecule has 9 nitrogen and oxygen atoms in total. The first kappa shape index (κ1) is 25.1. The standard InChI is InChI=1S/C30H30N2O7/c1-36-23-12-8-21(9-13-23)30(20-6-4-3-5-7-20,22-10-14-24(37-2)15-11-22)38-19-26-25(33)18-28(39-26)32-17-16-27(34)31-29(32)35/h3-17,25-26,28,33H,18-19H2,1-2H3,(H,31,34,35)/t25-,26+,28+/m0/s1/i25D. The van der Waals surface area contributed by atoms with E-state index in [-0.39, 0.29) is 13.0 Å². The van der Waals surface area contributed by atoms with E-state index < -0.39 is 35.3 Å². The van der Waals surface area contributed by atoms with Gasteiger partial charge in [-0.25, -0.2) is 4.79 Å². The maximum atomic E-state index is 12.4. The topological polar surface area (TPSA) is 112 Å². The molecule has 202 valence electrons. The first-order chi connectivity index (χ1) is 19.3. The molecular weight excluding hydrogens is 500 g/mol. The van der Waals surface area contributed by atoms with Crippen molar-refractivity contribution in [2.45, 2.75) is 30.4 Å². The highest BCUT2D eigenvalue weighted by Crippen LogP contribution is 2.42. The van der Waals surface area contributed by atoms with Gasteiger partial charge < -0.3 is 24.1 Å². The highest BCUT2D eigenvalue weighted by Gasteiger charge is 2.42. The second kappa shape index (κ2) is 11.3. The van der Waals surface area contributed by atoms with E-state index in [2.05, 4.69) is 4.98 Å². The molecule has 1 fully saturated rings. The quantitative estimate of drug-likeness (QED) is 0.319. The zero-order valence-electron chi connectivity index (χ0n) is 22.6. The number of hydrogen-bond acceptors (Lipinski definition) is 7. The molecule has 39 heavy (non-hydrogen) atoms. The summed E-state index contributed by atoms with van der Waals surface area (Å²) in [6, 6.07) is 25.8. The molecule has 0 bridgehead atoms. The minimum atomic E-state index is -2.07. The molecule has 3 atom stereocenters. The number of rotatable bonds is 9. The second-order valence-corrected chi connectivity index (χ2v) is 9.11. The van der Waals surface area contributed by atoms with Crippen molar-refractivity contribution in [2.75, 3.05) is 20.8 Å². The lowest BCUT2D eigenvalue weighted by Gasteiger charge is -2.37. The van der Waals surface area contributed by atoms with Crippen LogP contribution in [0.4, 0.5) is 0 Å². The van der Waals surface area contributed by atoms with Crippen molar-refractivity contribution in [3.8, 4) is 11.5 Å². The van der Waals surface area contributed by atoms with E-state index in [9.17, 15) is 14.7 Å². The van der Waals surface area contributed by atoms with E-state index in [1.165, 1.54) is 12.3 Å². The van der Waals surface area contributed by atoms with Gasteiger partial charge in [0.05, 0.1) is 28.3 Å². The summed E-state index contributed by atoms with van der Waals surface area (Å²) in [7, 11) is 3.19. The Hall–Kier alpha value is -4.18. The first-order valence-electron chi connectivity index (χ1n) is 12.9. The maximum absolute atomic E-state index is 12.4. The van der Waals surface area contributed by atoms with Crippen molar-refractivity contribution >= 4 is 0 Å². The summed E-state index contributed by atoms with van der Waals surface area (Å²) < 4.78 is 33.3. The number of hydrogen-bond donors (Lipinski definition) is 2. The fraction of sp³-hybridized carbons (Fsp3) is 0.267. The minimum absolute atomic E-state index is 0.193. The van der Waals surface area contributed by atoms with Crippen molar-refractivity contribution in [3.05, 3.63) is 129 Å². The van der Waals surface area contributed by atoms with Crippen LogP contribution < -0.4 is 20.7 Å². The zero-order valence-corrected chi connectivity index (χ0v) is 21.6. The highest BCUT2D eigenvalue weighted by molar-refractivity contribution is 5.49. The van der Waals surface area contributed by atoms with Crippen LogP contribution in [-0.4, -0.2) is 47.7 Å². The van der Waals surface area contributed by atoms with Crippen LogP contribution in [0.1, 0.15) is 30.7 Å². The van der Waals surface area contributed by atoms with Gasteiger partial charge in [-0.05, 0) is 41.0 Å². The van der Waals surface area contributed by atoms with Crippen LogP contribution in [0, 0.1) is 0 Å². The lowest BCUT2D eigenvalue weighted by molar-refractivity contribution is -0.0944. The fourth-order valence-corrected chi connectivity index (χ4v) is 4.86. The number of benzene rings is 3. The Balaban J connectivity index is 1.57. The summed E-state index contributed by atoms with van der Waals surface area (Å²) in [5, 5.41) is 11.0. The average molecular weight is 532 g/mol. The monoisotopic (exact) mass is 531 g/mol. The molecule has 2 N–H and O–H groups in total. The van der Waals surface area contributed by atoms with Crippen LogP contribution in [0.5, 0.6) is 11.5 Å². The lowest BCUT2D eigenvalue weighted by Crippen LogP contribution is -2.38. The van der Waals surface area contributed by atoms with Crippen LogP contribution in [0.3, 0.4) is 0 Å². The number of ether oxygens (including phenoxy) is 4. The van der Waals surface area contributed by atoms with Gasteiger partial charge in [-0.15, -0.1) is 0 Å². The Labute approximate surface area is 226 Å². The van der Waals surface area contributed by atoms with Gasteiger partial charge in [0.2, 0.25) is 0 Å². The number of H-pyrrole nitrogens is 1. The molecule has 0 spiro atoms. The van der Waals surface area contributed by atoms with Crippen molar-refractivity contribution < 1.29 is 25.4 Å². The van der Waals surface area contributed by atoms with E-state index in [0.717, 1.165) is 21.3 Å². The van der Waals surface area contributed by atoms with Gasteiger partial charge >= 0.3 is 5.69 Å². The van der Waals surface area contributed by atoms with Crippen molar-refractivity contribution in [3.63, 3.8) is 0 Å². The van der Waals surface area contributed by atoms with E-state index in [4.69, 9.17) is 20.3 Å². The molecular formula is C30H30N2O7. The molecule has 1 aliphatic rings. The Bertz CT molecular complexity index is 1500. The summed E-state index contributed by atoms with van der Waals surface area (Å²) in [6.45, 7) is -0.193. The van der Waals surface area contributed by atoms with Crippen LogP contribution in [0.2, 0.25) is 0 Å². The second-order valence-electron chi connectivity index (χ2n) is 9.11. The molecule has 1 saturated heterocycles. The van der Waals surface area contributed by atoms with Crippen molar-refractivity contribution in [1.82, 2.24) is 9.55 Å². The smallest absolute Gasteiger partial charge is 0.330 e. The molecule has 3 aromatic carbocycles. The summed E-state index contributed by atoms with van der Waals surface area (Å²) in [6.07, 6.45) is -3.06. The molecule has 1 aliphatic heterocycles. The number of aromatic nitrogens is 2. The average Bonchev–Trinajstić information content (AvgIpc) is 3.28. The Kier molecular flexibility index (Phi) is 7.27. The van der Waals surface area contributed by atoms with Gasteiger partial charge in [-0.1, -0.05) is 54.6 Å². The van der Waals surface area contributed by atoms with Crippen LogP contribution >= 0.6 is 0 Å². The number of nitrogens with one attached hydrogen (secondary N) is 1. The molecule has 5 rings (SSSR count). The first-order valence-corrected chi connectivity index (χ1v) is 12.4. The molecule has 1 aromatic heterocycles. The van der Waals surface area contributed by atoms with Gasteiger partial charge in [0.1, 0.15) is 29.4 Å². The molecule has 9 heteroatoms. The van der Waals surface area contributed by atoms with E-state index in [0.29, 0.717) is 11.5 Å². The number of aromatic amines is 1. The summed E-state index contributed by atoms with van der Waals surface area (Å²) in [5.41, 5.74) is -0.0390. The highest BCUT2D eigenvalue weighted by atomic mass is 16.6. The zero-order chi connectivity index (χ0) is 28.3. The predicted octanol–water partition coefficient (Wildman–Crippen LogP) is 3.21. The van der Waals surface area contributed by atoms with E-state index in [1.807, 2.05) is 78.9 Å². The number of methoxy groups -OCH3 is 2. The van der Waals surface area contributed by atoms with Gasteiger partial charge in [0.15, 0.2) is 0 Å². The van der Waals surface area contributed by atoms with Crippen LogP contribution in [-0.2, 0) is 15.1 Å². The maximum Gasteiger partial charge on any atom is 0.330 e. The molecule has 0 unspecified atom stereocenters. The largest absolute Gasteiger partial charge is 0.497 e. The van der Waals surface area contributed by atoms with Crippen molar-refractivity contribution in [2.24, 2.45) is 0 Å². The summed E-state index contributed by atoms with van der Waals surface area (Å²) >= 11 is 0. The van der Waals surface area contributed by atoms with Crippen molar-refractivity contribution in [1.29, 1.82) is 0 Å². The Morgan fingerprint density at radius 3 is 2.03 bits per heavy atom. The third-order valence-electron chi connectivity index (χ3n) is 6.86. The molecule has 2 heterocycles. The molecule has 0 aliphatic carbocycles. The van der Waals surface area contributed by atoms with Gasteiger partial charge in [-0.3, -0.25) is 14.3 Å². The van der Waals surface area contributed by atoms with Gasteiger partial charge in [-0.2, -0.15) is 0 Å². The third-order valence-corrected chi connectivity index (χ3v) is 6.86. The summed E-state index contributed by atoms with van der Waals surface area (Å²) in [4.78, 5) is 26.0. The number of aliphatic hydroxyl groups is 1. The summed E-state index contributed by atoms with van der Waals surface area (Å²) in [5.74, 6) is 1.35. The molecule has 4 aromatic rings. The molecule has 0 radical (unpaired) electrons. The lowest BCUT2D eigenvalue weighted by atomic mass is 9.80. The predicted molar refractivity (Wildman–Crippen MR) is 144 cm³/mol. The number of nitrogens with zero attached hydrogens (tertiary/aromatic N) is 1. The van der Waals surface area contributed by atoms with Gasteiger partial charge in [0.25, 0.3) is 5.56 Å². The Morgan fingerprint density at radius 1 is 0.923 bits per heavy atom. The van der Waals surface area contributed by atoms with Crippen LogP contribution in [0.15, 0.2) is 101 Å². The third kappa shape index (κ3) is 5.24. The van der Waals surface area contributed by atoms with E-state index >= 15 is 0 Å². The van der Waals surface area contributed by atoms with E-state index in [1.54, 1.807) is 14.2 Å². The molecule has 0 amide bonds. The normalized spacial score (nSPS) is 21.4.